The van der Waals surface area contributed by atoms with Gasteiger partial charge in [0.25, 0.3) is 5.56 Å². The fraction of sp³-hybridized carbons (Fsp3) is 0.333. The summed E-state index contributed by atoms with van der Waals surface area (Å²) in [4.78, 5) is 40.5. The summed E-state index contributed by atoms with van der Waals surface area (Å²) >= 11 is 1.63. The van der Waals surface area contributed by atoms with Crippen molar-refractivity contribution in [2.45, 2.75) is 13.8 Å². The number of aromatic nitrogens is 3. The maximum absolute atomic E-state index is 12.9. The van der Waals surface area contributed by atoms with Gasteiger partial charge in [-0.3, -0.25) is 19.5 Å². The number of aryl methyl sites for hydroxylation is 1. The largest absolute Gasteiger partial charge is 0.492 e. The molecule has 3 aromatic heterocycles. The van der Waals surface area contributed by atoms with Gasteiger partial charge in [0, 0.05) is 45.8 Å². The number of amides is 1. The van der Waals surface area contributed by atoms with E-state index >= 15 is 0 Å². The molecule has 33 heavy (non-hydrogen) atoms. The first-order chi connectivity index (χ1) is 16.0. The molecule has 0 aliphatic carbocycles. The number of rotatable bonds is 5. The summed E-state index contributed by atoms with van der Waals surface area (Å²) in [5.74, 6) is 1.24. The highest BCUT2D eigenvalue weighted by molar-refractivity contribution is 7.17. The molecular formula is C24H25N5O3S. The first kappa shape index (κ1) is 21.5. The summed E-state index contributed by atoms with van der Waals surface area (Å²) in [6, 6.07) is 7.64. The van der Waals surface area contributed by atoms with Gasteiger partial charge in [0.2, 0.25) is 5.91 Å². The molecule has 0 radical (unpaired) electrons. The molecule has 1 fully saturated rings. The van der Waals surface area contributed by atoms with Crippen molar-refractivity contribution in [3.8, 4) is 17.3 Å². The summed E-state index contributed by atoms with van der Waals surface area (Å²) in [7, 11) is 0. The van der Waals surface area contributed by atoms with E-state index < -0.39 is 0 Å². The van der Waals surface area contributed by atoms with Gasteiger partial charge in [0.1, 0.15) is 18.1 Å². The number of hydrogen-bond donors (Lipinski definition) is 1. The third-order valence-corrected chi connectivity index (χ3v) is 6.92. The summed E-state index contributed by atoms with van der Waals surface area (Å²) in [6.07, 6.45) is 1.81. The minimum Gasteiger partial charge on any atom is -0.492 e. The molecule has 4 heterocycles. The Labute approximate surface area is 194 Å². The number of thiophene rings is 1. The first-order valence-corrected chi connectivity index (χ1v) is 11.8. The number of benzene rings is 1. The van der Waals surface area contributed by atoms with Crippen molar-refractivity contribution in [2.75, 3.05) is 39.3 Å². The highest BCUT2D eigenvalue weighted by Gasteiger charge is 2.18. The van der Waals surface area contributed by atoms with E-state index in [9.17, 15) is 9.59 Å². The van der Waals surface area contributed by atoms with Gasteiger partial charge in [-0.1, -0.05) is 0 Å². The van der Waals surface area contributed by atoms with E-state index in [-0.39, 0.29) is 11.5 Å². The van der Waals surface area contributed by atoms with Crippen LogP contribution in [0.5, 0.6) is 5.75 Å². The first-order valence-electron chi connectivity index (χ1n) is 11.0. The number of carbonyl (C=O) groups is 1. The molecule has 1 aliphatic heterocycles. The highest BCUT2D eigenvalue weighted by atomic mass is 32.1. The number of carbonyl (C=O) groups excluding carboxylic acids is 1. The van der Waals surface area contributed by atoms with Crippen LogP contribution in [0.4, 0.5) is 0 Å². The fourth-order valence-corrected chi connectivity index (χ4v) is 4.90. The number of pyridine rings is 1. The van der Waals surface area contributed by atoms with Crippen LogP contribution in [0.15, 0.2) is 40.6 Å². The number of ether oxygens (including phenoxy) is 1. The Morgan fingerprint density at radius 2 is 2.03 bits per heavy atom. The van der Waals surface area contributed by atoms with Gasteiger partial charge in [0.05, 0.1) is 15.6 Å². The molecule has 8 nitrogen and oxygen atoms in total. The highest BCUT2D eigenvalue weighted by Crippen LogP contribution is 2.26. The van der Waals surface area contributed by atoms with Crippen LogP contribution < -0.4 is 10.3 Å². The predicted molar refractivity (Wildman–Crippen MR) is 130 cm³/mol. The summed E-state index contributed by atoms with van der Waals surface area (Å²) in [5.41, 5.74) is 1.95. The molecule has 1 saturated heterocycles. The molecule has 0 spiro atoms. The Balaban J connectivity index is 1.31. The van der Waals surface area contributed by atoms with Crippen LogP contribution in [0.3, 0.4) is 0 Å². The van der Waals surface area contributed by atoms with E-state index in [2.05, 4.69) is 14.9 Å². The Morgan fingerprint density at radius 3 is 2.82 bits per heavy atom. The van der Waals surface area contributed by atoms with Crippen molar-refractivity contribution in [1.82, 2.24) is 24.8 Å². The second kappa shape index (κ2) is 8.92. The van der Waals surface area contributed by atoms with Gasteiger partial charge >= 0.3 is 0 Å². The molecule has 1 aromatic carbocycles. The predicted octanol–water partition coefficient (Wildman–Crippen LogP) is 3.05. The zero-order valence-electron chi connectivity index (χ0n) is 18.6. The van der Waals surface area contributed by atoms with Gasteiger partial charge in [0.15, 0.2) is 5.82 Å². The van der Waals surface area contributed by atoms with Crippen molar-refractivity contribution in [3.63, 3.8) is 0 Å². The number of hydrogen-bond acceptors (Lipinski definition) is 7. The Kier molecular flexibility index (Phi) is 5.82. The minimum absolute atomic E-state index is 0.127. The molecule has 0 saturated carbocycles. The van der Waals surface area contributed by atoms with Gasteiger partial charge in [-0.15, -0.1) is 11.3 Å². The lowest BCUT2D eigenvalue weighted by molar-refractivity contribution is -0.130. The van der Waals surface area contributed by atoms with Crippen molar-refractivity contribution in [2.24, 2.45) is 0 Å². The minimum atomic E-state index is -0.212. The van der Waals surface area contributed by atoms with Crippen LogP contribution in [0.2, 0.25) is 0 Å². The molecule has 1 N–H and O–H groups in total. The van der Waals surface area contributed by atoms with E-state index in [4.69, 9.17) is 9.72 Å². The zero-order valence-corrected chi connectivity index (χ0v) is 19.4. The van der Waals surface area contributed by atoms with E-state index in [0.29, 0.717) is 34.8 Å². The molecule has 0 atom stereocenters. The molecular weight excluding hydrogens is 438 g/mol. The molecule has 5 rings (SSSR count). The molecule has 1 amide bonds. The number of fused-ring (bicyclic) bond motifs is 2. The van der Waals surface area contributed by atoms with E-state index in [1.54, 1.807) is 24.3 Å². The smallest absolute Gasteiger partial charge is 0.259 e. The number of aromatic amines is 1. The molecule has 1 aliphatic rings. The third kappa shape index (κ3) is 4.46. The van der Waals surface area contributed by atoms with Gasteiger partial charge < -0.3 is 14.6 Å². The third-order valence-electron chi connectivity index (χ3n) is 6.05. The van der Waals surface area contributed by atoms with Crippen LogP contribution >= 0.6 is 11.3 Å². The quantitative estimate of drug-likeness (QED) is 0.489. The average molecular weight is 464 g/mol. The van der Waals surface area contributed by atoms with E-state index in [1.807, 2.05) is 41.6 Å². The SMILES string of the molecule is CC(=O)N1CCN(CCOc2cc(C)c3nc(-c4cc5ccsc5cn4)[nH]c(=O)c3c2)CC1. The van der Waals surface area contributed by atoms with Gasteiger partial charge in [-0.05, 0) is 47.5 Å². The average Bonchev–Trinajstić information content (AvgIpc) is 3.28. The van der Waals surface area contributed by atoms with Crippen molar-refractivity contribution < 1.29 is 9.53 Å². The second-order valence-electron chi connectivity index (χ2n) is 8.28. The lowest BCUT2D eigenvalue weighted by Crippen LogP contribution is -2.48. The maximum atomic E-state index is 12.9. The molecule has 170 valence electrons. The van der Waals surface area contributed by atoms with Crippen LogP contribution in [0, 0.1) is 6.92 Å². The summed E-state index contributed by atoms with van der Waals surface area (Å²) in [5, 5.41) is 3.60. The number of nitrogens with one attached hydrogen (secondary N) is 1. The number of H-pyrrole nitrogens is 1. The standard InChI is InChI=1S/C24H25N5O3S/c1-15-11-18(32-9-8-28-4-6-29(7-5-28)16(2)30)13-19-22(15)26-23(27-24(19)31)20-12-17-3-10-33-21(17)14-25-20/h3,10-14H,4-9H2,1-2H3,(H,26,27,31). The topological polar surface area (TPSA) is 91.4 Å². The Morgan fingerprint density at radius 1 is 1.21 bits per heavy atom. The van der Waals surface area contributed by atoms with E-state index in [0.717, 1.165) is 48.4 Å². The maximum Gasteiger partial charge on any atom is 0.259 e. The lowest BCUT2D eigenvalue weighted by atomic mass is 10.1. The van der Waals surface area contributed by atoms with E-state index in [1.165, 1.54) is 0 Å². The molecule has 4 aromatic rings. The van der Waals surface area contributed by atoms with Gasteiger partial charge in [-0.2, -0.15) is 0 Å². The van der Waals surface area contributed by atoms with Crippen LogP contribution in [0.1, 0.15) is 12.5 Å². The zero-order chi connectivity index (χ0) is 22.9. The summed E-state index contributed by atoms with van der Waals surface area (Å²) < 4.78 is 7.06. The van der Waals surface area contributed by atoms with Crippen molar-refractivity contribution in [3.05, 3.63) is 51.8 Å². The number of nitrogens with zero attached hydrogens (tertiary/aromatic N) is 4. The molecule has 0 unspecified atom stereocenters. The Hall–Kier alpha value is -3.30. The monoisotopic (exact) mass is 463 g/mol. The Bertz CT molecular complexity index is 1390. The number of piperazine rings is 1. The second-order valence-corrected chi connectivity index (χ2v) is 9.22. The fourth-order valence-electron chi connectivity index (χ4n) is 4.16. The van der Waals surface area contributed by atoms with Crippen LogP contribution in [-0.4, -0.2) is 70.0 Å². The van der Waals surface area contributed by atoms with Crippen molar-refractivity contribution >= 4 is 38.2 Å². The van der Waals surface area contributed by atoms with Crippen molar-refractivity contribution in [1.29, 1.82) is 0 Å². The summed E-state index contributed by atoms with van der Waals surface area (Å²) in [6.45, 7) is 8.02. The molecule has 9 heteroatoms. The van der Waals surface area contributed by atoms with Crippen LogP contribution in [0.25, 0.3) is 32.5 Å². The normalized spacial score (nSPS) is 14.8. The lowest BCUT2D eigenvalue weighted by Gasteiger charge is -2.34. The van der Waals surface area contributed by atoms with Crippen LogP contribution in [-0.2, 0) is 4.79 Å². The van der Waals surface area contributed by atoms with Gasteiger partial charge in [-0.25, -0.2) is 4.98 Å². The molecule has 0 bridgehead atoms.